The predicted molar refractivity (Wildman–Crippen MR) is 63.4 cm³/mol. The van der Waals surface area contributed by atoms with Gasteiger partial charge in [-0.3, -0.25) is 0 Å². The molecule has 0 aliphatic carbocycles. The molecule has 0 saturated carbocycles. The molecule has 0 radical (unpaired) electrons. The molecule has 15 heavy (non-hydrogen) atoms. The third kappa shape index (κ3) is 2.70. The van der Waals surface area contributed by atoms with Crippen LogP contribution in [0.1, 0.15) is 24.3 Å². The molecular weight excluding hydrogens is 235 g/mol. The summed E-state index contributed by atoms with van der Waals surface area (Å²) in [5.41, 5.74) is 0.874. The molecule has 0 aromatic heterocycles. The van der Waals surface area contributed by atoms with Gasteiger partial charge in [-0.1, -0.05) is 18.5 Å². The molecule has 1 unspecified atom stereocenters. The third-order valence-electron chi connectivity index (χ3n) is 2.20. The van der Waals surface area contributed by atoms with E-state index in [1.54, 1.807) is 20.3 Å². The van der Waals surface area contributed by atoms with Crippen LogP contribution in [0.25, 0.3) is 0 Å². The molecule has 0 heterocycles. The Morgan fingerprint density at radius 1 is 1.20 bits per heavy atom. The lowest BCUT2D eigenvalue weighted by Crippen LogP contribution is -1.95. The van der Waals surface area contributed by atoms with Gasteiger partial charge in [0.2, 0.25) is 0 Å². The summed E-state index contributed by atoms with van der Waals surface area (Å²) in [6, 6.07) is 3.54. The number of methoxy groups -OCH3 is 2. The molecule has 1 rings (SSSR count). The van der Waals surface area contributed by atoms with Crippen molar-refractivity contribution in [1.82, 2.24) is 0 Å². The molecule has 0 fully saturated rings. The summed E-state index contributed by atoms with van der Waals surface area (Å²) in [6.07, 6.45) is 0.816. The van der Waals surface area contributed by atoms with Gasteiger partial charge in [0, 0.05) is 11.1 Å². The van der Waals surface area contributed by atoms with Crippen LogP contribution in [0.5, 0.6) is 11.5 Å². The Kier molecular flexibility index (Phi) is 4.55. The van der Waals surface area contributed by atoms with Crippen molar-refractivity contribution in [2.24, 2.45) is 0 Å². The largest absolute Gasteiger partial charge is 0.493 e. The second-order valence-electron chi connectivity index (χ2n) is 3.10. The van der Waals surface area contributed by atoms with E-state index >= 15 is 0 Å². The molecule has 1 atom stereocenters. The highest BCUT2D eigenvalue weighted by molar-refractivity contribution is 6.33. The van der Waals surface area contributed by atoms with Crippen LogP contribution in [-0.2, 0) is 0 Å². The normalized spacial score (nSPS) is 12.3. The van der Waals surface area contributed by atoms with Crippen molar-refractivity contribution in [3.05, 3.63) is 22.7 Å². The van der Waals surface area contributed by atoms with Crippen molar-refractivity contribution in [2.45, 2.75) is 18.7 Å². The SMILES string of the molecule is CCC(Cl)c1cc(OC)c(OC)cc1Cl. The molecule has 0 saturated heterocycles. The van der Waals surface area contributed by atoms with Crippen molar-refractivity contribution < 1.29 is 9.47 Å². The van der Waals surface area contributed by atoms with Gasteiger partial charge in [-0.2, -0.15) is 0 Å². The van der Waals surface area contributed by atoms with Gasteiger partial charge in [0.1, 0.15) is 0 Å². The standard InChI is InChI=1S/C11H14Cl2O2/c1-4-8(12)7-5-10(14-2)11(15-3)6-9(7)13/h5-6,8H,4H2,1-3H3. The van der Waals surface area contributed by atoms with Gasteiger partial charge in [0.25, 0.3) is 0 Å². The highest BCUT2D eigenvalue weighted by Crippen LogP contribution is 2.38. The van der Waals surface area contributed by atoms with E-state index in [0.717, 1.165) is 12.0 Å². The van der Waals surface area contributed by atoms with Crippen molar-refractivity contribution in [1.29, 1.82) is 0 Å². The van der Waals surface area contributed by atoms with Crippen molar-refractivity contribution in [3.63, 3.8) is 0 Å². The Labute approximate surface area is 100 Å². The molecule has 2 nitrogen and oxygen atoms in total. The van der Waals surface area contributed by atoms with E-state index < -0.39 is 0 Å². The maximum Gasteiger partial charge on any atom is 0.162 e. The molecule has 0 amide bonds. The highest BCUT2D eigenvalue weighted by atomic mass is 35.5. The first-order chi connectivity index (χ1) is 7.13. The van der Waals surface area contributed by atoms with Crippen LogP contribution in [0.15, 0.2) is 12.1 Å². The Morgan fingerprint density at radius 3 is 2.20 bits per heavy atom. The Bertz CT molecular complexity index is 340. The quantitative estimate of drug-likeness (QED) is 0.749. The number of ether oxygens (including phenoxy) is 2. The van der Waals surface area contributed by atoms with Crippen LogP contribution in [0, 0.1) is 0 Å². The summed E-state index contributed by atoms with van der Waals surface area (Å²) in [4.78, 5) is 0. The number of halogens is 2. The molecule has 1 aromatic rings. The maximum atomic E-state index is 6.14. The number of benzene rings is 1. The van der Waals surface area contributed by atoms with Crippen LogP contribution >= 0.6 is 23.2 Å². The zero-order chi connectivity index (χ0) is 11.4. The number of rotatable bonds is 4. The van der Waals surface area contributed by atoms with E-state index in [9.17, 15) is 0 Å². The average Bonchev–Trinajstić information content (AvgIpc) is 2.27. The molecule has 1 aromatic carbocycles. The summed E-state index contributed by atoms with van der Waals surface area (Å²) in [5.74, 6) is 1.27. The van der Waals surface area contributed by atoms with Crippen LogP contribution in [-0.4, -0.2) is 14.2 Å². The van der Waals surface area contributed by atoms with E-state index in [4.69, 9.17) is 32.7 Å². The molecule has 0 bridgehead atoms. The van der Waals surface area contributed by atoms with Crippen LogP contribution in [0.2, 0.25) is 5.02 Å². The minimum Gasteiger partial charge on any atom is -0.493 e. The highest BCUT2D eigenvalue weighted by Gasteiger charge is 2.14. The zero-order valence-corrected chi connectivity index (χ0v) is 10.5. The van der Waals surface area contributed by atoms with Gasteiger partial charge in [-0.15, -0.1) is 11.6 Å². The third-order valence-corrected chi connectivity index (χ3v) is 3.07. The minimum absolute atomic E-state index is 0.0997. The molecule has 0 N–H and O–H groups in total. The van der Waals surface area contributed by atoms with Gasteiger partial charge in [-0.05, 0) is 18.1 Å². The maximum absolute atomic E-state index is 6.14. The van der Waals surface area contributed by atoms with Crippen LogP contribution in [0.3, 0.4) is 0 Å². The second-order valence-corrected chi connectivity index (χ2v) is 4.04. The second kappa shape index (κ2) is 5.47. The number of alkyl halides is 1. The van der Waals surface area contributed by atoms with Crippen molar-refractivity contribution in [2.75, 3.05) is 14.2 Å². The van der Waals surface area contributed by atoms with Crippen LogP contribution in [0.4, 0.5) is 0 Å². The molecular formula is C11H14Cl2O2. The van der Waals surface area contributed by atoms with E-state index in [1.807, 2.05) is 13.0 Å². The van der Waals surface area contributed by atoms with E-state index in [1.165, 1.54) is 0 Å². The fourth-order valence-electron chi connectivity index (χ4n) is 1.33. The lowest BCUT2D eigenvalue weighted by Gasteiger charge is -2.14. The Balaban J connectivity index is 3.19. The smallest absolute Gasteiger partial charge is 0.162 e. The lowest BCUT2D eigenvalue weighted by atomic mass is 10.1. The predicted octanol–water partition coefficient (Wildman–Crippen LogP) is 4.05. The summed E-state index contributed by atoms with van der Waals surface area (Å²) >= 11 is 12.2. The number of hydrogen-bond acceptors (Lipinski definition) is 2. The van der Waals surface area contributed by atoms with E-state index in [0.29, 0.717) is 16.5 Å². The number of hydrogen-bond donors (Lipinski definition) is 0. The Hall–Kier alpha value is -0.600. The molecule has 4 heteroatoms. The Morgan fingerprint density at radius 2 is 1.73 bits per heavy atom. The van der Waals surface area contributed by atoms with Gasteiger partial charge in [0.15, 0.2) is 11.5 Å². The van der Waals surface area contributed by atoms with Gasteiger partial charge in [-0.25, -0.2) is 0 Å². The van der Waals surface area contributed by atoms with E-state index in [2.05, 4.69) is 0 Å². The molecule has 0 aliphatic rings. The fraction of sp³-hybridized carbons (Fsp3) is 0.455. The van der Waals surface area contributed by atoms with Gasteiger partial charge >= 0.3 is 0 Å². The molecule has 0 spiro atoms. The topological polar surface area (TPSA) is 18.5 Å². The molecule has 84 valence electrons. The fourth-order valence-corrected chi connectivity index (χ4v) is 1.85. The lowest BCUT2D eigenvalue weighted by molar-refractivity contribution is 0.354. The van der Waals surface area contributed by atoms with Gasteiger partial charge in [0.05, 0.1) is 19.6 Å². The average molecular weight is 249 g/mol. The summed E-state index contributed by atoms with van der Waals surface area (Å²) < 4.78 is 10.3. The molecule has 0 aliphatic heterocycles. The summed E-state index contributed by atoms with van der Waals surface area (Å²) in [6.45, 7) is 2.00. The first-order valence-electron chi connectivity index (χ1n) is 4.69. The first kappa shape index (κ1) is 12.5. The summed E-state index contributed by atoms with van der Waals surface area (Å²) in [5, 5.41) is 0.506. The van der Waals surface area contributed by atoms with Crippen LogP contribution < -0.4 is 9.47 Å². The van der Waals surface area contributed by atoms with Crippen molar-refractivity contribution in [3.8, 4) is 11.5 Å². The minimum atomic E-state index is -0.0997. The summed E-state index contributed by atoms with van der Waals surface area (Å²) in [7, 11) is 3.16. The van der Waals surface area contributed by atoms with Crippen molar-refractivity contribution >= 4 is 23.2 Å². The van der Waals surface area contributed by atoms with E-state index in [-0.39, 0.29) is 5.38 Å². The monoisotopic (exact) mass is 248 g/mol. The zero-order valence-electron chi connectivity index (χ0n) is 9.01. The van der Waals surface area contributed by atoms with Gasteiger partial charge < -0.3 is 9.47 Å². The first-order valence-corrected chi connectivity index (χ1v) is 5.51.